The zero-order valence-corrected chi connectivity index (χ0v) is 10.8. The van der Waals surface area contributed by atoms with Gasteiger partial charge in [-0.3, -0.25) is 0 Å². The lowest BCUT2D eigenvalue weighted by atomic mass is 10.2. The maximum atomic E-state index is 12.5. The summed E-state index contributed by atoms with van der Waals surface area (Å²) in [6, 6.07) is 10.7. The van der Waals surface area contributed by atoms with Crippen LogP contribution in [0.3, 0.4) is 0 Å². The SMILES string of the molecule is COc1cccc(F)c1.Cc1c(F)cccc1Cl. The molecule has 0 N–H and O–H groups in total. The van der Waals surface area contributed by atoms with Gasteiger partial charge in [-0.1, -0.05) is 23.7 Å². The van der Waals surface area contributed by atoms with Crippen LogP contribution in [0.5, 0.6) is 5.75 Å². The molecule has 18 heavy (non-hydrogen) atoms. The fourth-order valence-corrected chi connectivity index (χ4v) is 1.34. The monoisotopic (exact) mass is 270 g/mol. The summed E-state index contributed by atoms with van der Waals surface area (Å²) in [6.07, 6.45) is 0. The van der Waals surface area contributed by atoms with Crippen LogP contribution >= 0.6 is 11.6 Å². The Morgan fingerprint density at radius 2 is 1.72 bits per heavy atom. The van der Waals surface area contributed by atoms with Crippen molar-refractivity contribution in [1.29, 1.82) is 0 Å². The predicted octanol–water partition coefficient (Wildman–Crippen LogP) is 4.62. The number of hydrogen-bond donors (Lipinski definition) is 0. The molecule has 0 amide bonds. The fraction of sp³-hybridized carbons (Fsp3) is 0.143. The lowest BCUT2D eigenvalue weighted by molar-refractivity contribution is 0.411. The Morgan fingerprint density at radius 1 is 1.06 bits per heavy atom. The summed E-state index contributed by atoms with van der Waals surface area (Å²) < 4.78 is 29.5. The first-order chi connectivity index (χ1) is 8.54. The average Bonchev–Trinajstić information content (AvgIpc) is 2.36. The minimum atomic E-state index is -0.269. The van der Waals surface area contributed by atoms with Gasteiger partial charge in [-0.15, -0.1) is 0 Å². The Bertz CT molecular complexity index is 495. The van der Waals surface area contributed by atoms with Crippen LogP contribution in [0.4, 0.5) is 8.78 Å². The lowest BCUT2D eigenvalue weighted by Crippen LogP contribution is -1.81. The largest absolute Gasteiger partial charge is 0.497 e. The third-order valence-corrected chi connectivity index (χ3v) is 2.64. The molecule has 0 spiro atoms. The van der Waals surface area contributed by atoms with Crippen molar-refractivity contribution < 1.29 is 13.5 Å². The van der Waals surface area contributed by atoms with E-state index >= 15 is 0 Å². The summed E-state index contributed by atoms with van der Waals surface area (Å²) in [4.78, 5) is 0. The topological polar surface area (TPSA) is 9.23 Å². The van der Waals surface area contributed by atoms with Crippen molar-refractivity contribution in [3.8, 4) is 5.75 Å². The van der Waals surface area contributed by atoms with E-state index in [1.54, 1.807) is 31.2 Å². The van der Waals surface area contributed by atoms with Gasteiger partial charge in [0.25, 0.3) is 0 Å². The van der Waals surface area contributed by atoms with Crippen LogP contribution in [-0.2, 0) is 0 Å². The van der Waals surface area contributed by atoms with Crippen molar-refractivity contribution in [2.45, 2.75) is 6.92 Å². The summed E-state index contributed by atoms with van der Waals surface area (Å²) in [5.41, 5.74) is 0.513. The first kappa shape index (κ1) is 14.5. The van der Waals surface area contributed by atoms with Gasteiger partial charge in [-0.05, 0) is 31.2 Å². The maximum absolute atomic E-state index is 12.5. The smallest absolute Gasteiger partial charge is 0.127 e. The minimum absolute atomic E-state index is 0.248. The van der Waals surface area contributed by atoms with Crippen LogP contribution in [0.15, 0.2) is 42.5 Å². The Morgan fingerprint density at radius 3 is 2.17 bits per heavy atom. The second-order valence-corrected chi connectivity index (χ2v) is 3.92. The highest BCUT2D eigenvalue weighted by Gasteiger charge is 1.97. The van der Waals surface area contributed by atoms with Crippen LogP contribution in [-0.4, -0.2) is 7.11 Å². The Hall–Kier alpha value is -1.61. The van der Waals surface area contributed by atoms with Crippen LogP contribution in [0, 0.1) is 18.6 Å². The van der Waals surface area contributed by atoms with Crippen molar-refractivity contribution in [3.63, 3.8) is 0 Å². The van der Waals surface area contributed by atoms with E-state index in [4.69, 9.17) is 16.3 Å². The molecule has 0 aliphatic rings. The maximum Gasteiger partial charge on any atom is 0.127 e. The van der Waals surface area contributed by atoms with Gasteiger partial charge in [0, 0.05) is 16.7 Å². The number of benzene rings is 2. The lowest BCUT2D eigenvalue weighted by Gasteiger charge is -1.95. The summed E-state index contributed by atoms with van der Waals surface area (Å²) in [5, 5.41) is 0.481. The van der Waals surface area contributed by atoms with Gasteiger partial charge in [0.1, 0.15) is 17.4 Å². The van der Waals surface area contributed by atoms with Crippen LogP contribution < -0.4 is 4.74 Å². The van der Waals surface area contributed by atoms with E-state index < -0.39 is 0 Å². The molecule has 96 valence electrons. The molecule has 0 saturated heterocycles. The van der Waals surface area contributed by atoms with E-state index in [-0.39, 0.29) is 11.6 Å². The standard InChI is InChI=1S/C7H6ClF.C7H7FO/c1-5-6(8)3-2-4-7(5)9;1-9-7-4-2-3-6(8)5-7/h2-4H,1H3;2-5H,1H3. The van der Waals surface area contributed by atoms with Crippen molar-refractivity contribution in [2.24, 2.45) is 0 Å². The highest BCUT2D eigenvalue weighted by Crippen LogP contribution is 2.16. The minimum Gasteiger partial charge on any atom is -0.497 e. The fourth-order valence-electron chi connectivity index (χ4n) is 1.18. The van der Waals surface area contributed by atoms with E-state index in [0.717, 1.165) is 0 Å². The second kappa shape index (κ2) is 6.97. The molecule has 0 aliphatic heterocycles. The van der Waals surface area contributed by atoms with Crippen LogP contribution in [0.25, 0.3) is 0 Å². The molecule has 2 rings (SSSR count). The average molecular weight is 271 g/mol. The Labute approximate surface area is 110 Å². The third-order valence-electron chi connectivity index (χ3n) is 2.23. The predicted molar refractivity (Wildman–Crippen MR) is 69.1 cm³/mol. The molecule has 2 aromatic rings. The van der Waals surface area contributed by atoms with E-state index in [9.17, 15) is 8.78 Å². The van der Waals surface area contributed by atoms with Gasteiger partial charge < -0.3 is 4.74 Å². The molecule has 0 aromatic heterocycles. The van der Waals surface area contributed by atoms with Gasteiger partial charge in [-0.25, -0.2) is 8.78 Å². The number of hydrogen-bond acceptors (Lipinski definition) is 1. The Kier molecular flexibility index (Phi) is 5.59. The van der Waals surface area contributed by atoms with Crippen molar-refractivity contribution in [3.05, 3.63) is 64.7 Å². The molecule has 0 radical (unpaired) electrons. The zero-order chi connectivity index (χ0) is 13.5. The molecule has 4 heteroatoms. The number of rotatable bonds is 1. The number of halogens is 3. The molecular weight excluding hydrogens is 258 g/mol. The van der Waals surface area contributed by atoms with E-state index in [0.29, 0.717) is 16.3 Å². The molecule has 0 saturated carbocycles. The van der Waals surface area contributed by atoms with Gasteiger partial charge >= 0.3 is 0 Å². The molecular formula is C14H13ClF2O. The van der Waals surface area contributed by atoms with Crippen molar-refractivity contribution in [1.82, 2.24) is 0 Å². The third kappa shape index (κ3) is 4.34. The van der Waals surface area contributed by atoms with Gasteiger partial charge in [0.2, 0.25) is 0 Å². The molecule has 0 heterocycles. The molecule has 0 bridgehead atoms. The summed E-state index contributed by atoms with van der Waals surface area (Å²) in [5.74, 6) is 0.0341. The highest BCUT2D eigenvalue weighted by molar-refractivity contribution is 6.31. The van der Waals surface area contributed by atoms with Crippen LogP contribution in [0.2, 0.25) is 5.02 Å². The van der Waals surface area contributed by atoms with Crippen molar-refractivity contribution in [2.75, 3.05) is 7.11 Å². The summed E-state index contributed by atoms with van der Waals surface area (Å²) in [7, 11) is 1.51. The molecule has 0 fully saturated rings. The molecule has 0 atom stereocenters. The quantitative estimate of drug-likeness (QED) is 0.735. The zero-order valence-electron chi connectivity index (χ0n) is 10.1. The van der Waals surface area contributed by atoms with E-state index in [2.05, 4.69) is 0 Å². The number of ether oxygens (including phenoxy) is 1. The van der Waals surface area contributed by atoms with E-state index in [1.165, 1.54) is 25.3 Å². The molecule has 1 nitrogen and oxygen atoms in total. The first-order valence-electron chi connectivity index (χ1n) is 5.24. The van der Waals surface area contributed by atoms with Gasteiger partial charge in [0.05, 0.1) is 7.11 Å². The Balaban J connectivity index is 0.000000180. The molecule has 0 aliphatic carbocycles. The molecule has 0 unspecified atom stereocenters. The number of methoxy groups -OCH3 is 1. The van der Waals surface area contributed by atoms with Crippen LogP contribution in [0.1, 0.15) is 5.56 Å². The summed E-state index contributed by atoms with van der Waals surface area (Å²) >= 11 is 5.57. The highest BCUT2D eigenvalue weighted by atomic mass is 35.5. The molecule has 2 aromatic carbocycles. The van der Waals surface area contributed by atoms with Gasteiger partial charge in [-0.2, -0.15) is 0 Å². The van der Waals surface area contributed by atoms with Gasteiger partial charge in [0.15, 0.2) is 0 Å². The first-order valence-corrected chi connectivity index (χ1v) is 5.62. The summed E-state index contributed by atoms with van der Waals surface area (Å²) in [6.45, 7) is 1.65. The van der Waals surface area contributed by atoms with Crippen molar-refractivity contribution >= 4 is 11.6 Å². The second-order valence-electron chi connectivity index (χ2n) is 3.51. The van der Waals surface area contributed by atoms with E-state index in [1.807, 2.05) is 0 Å². The normalized spacial score (nSPS) is 9.39.